The Bertz CT molecular complexity index is 258. The number of hydrogen-bond donors (Lipinski definition) is 1. The molecular formula is C15H31N3O. The van der Waals surface area contributed by atoms with E-state index in [1.807, 2.05) is 13.8 Å². The Kier molecular flexibility index (Phi) is 7.39. The lowest BCUT2D eigenvalue weighted by Gasteiger charge is -2.36. The van der Waals surface area contributed by atoms with Gasteiger partial charge in [0.1, 0.15) is 0 Å². The smallest absolute Gasteiger partial charge is 0.222 e. The summed E-state index contributed by atoms with van der Waals surface area (Å²) in [6, 6.07) is 0.674. The Labute approximate surface area is 118 Å². The molecule has 1 aliphatic rings. The van der Waals surface area contributed by atoms with Crippen molar-refractivity contribution in [3.05, 3.63) is 0 Å². The van der Waals surface area contributed by atoms with E-state index < -0.39 is 0 Å². The molecule has 0 atom stereocenters. The highest BCUT2D eigenvalue weighted by Crippen LogP contribution is 2.06. The first kappa shape index (κ1) is 16.4. The molecule has 0 unspecified atom stereocenters. The first-order valence-electron chi connectivity index (χ1n) is 7.75. The van der Waals surface area contributed by atoms with E-state index in [1.165, 1.54) is 39.1 Å². The molecule has 0 aromatic heterocycles. The number of amides is 1. The molecule has 0 aromatic carbocycles. The van der Waals surface area contributed by atoms with Crippen LogP contribution >= 0.6 is 0 Å². The number of carbonyl (C=O) groups excluding carboxylic acids is 1. The van der Waals surface area contributed by atoms with Crippen molar-refractivity contribution in [1.82, 2.24) is 15.1 Å². The summed E-state index contributed by atoms with van der Waals surface area (Å²) in [5, 5.41) is 2.98. The topological polar surface area (TPSA) is 35.6 Å². The molecule has 1 aliphatic heterocycles. The molecule has 1 heterocycles. The van der Waals surface area contributed by atoms with Crippen molar-refractivity contribution in [1.29, 1.82) is 0 Å². The van der Waals surface area contributed by atoms with Gasteiger partial charge in [-0.15, -0.1) is 0 Å². The fourth-order valence-corrected chi connectivity index (χ4v) is 2.38. The van der Waals surface area contributed by atoms with Gasteiger partial charge in [-0.2, -0.15) is 0 Å². The largest absolute Gasteiger partial charge is 0.356 e. The van der Waals surface area contributed by atoms with Crippen molar-refractivity contribution < 1.29 is 4.79 Å². The fourth-order valence-electron chi connectivity index (χ4n) is 2.38. The lowest BCUT2D eigenvalue weighted by atomic mass is 10.2. The molecule has 1 fully saturated rings. The molecule has 4 nitrogen and oxygen atoms in total. The Morgan fingerprint density at radius 1 is 1.05 bits per heavy atom. The molecule has 1 rings (SSSR count). The summed E-state index contributed by atoms with van der Waals surface area (Å²) in [6.45, 7) is 15.2. The van der Waals surface area contributed by atoms with Crippen LogP contribution in [0.25, 0.3) is 0 Å². The third-order valence-electron chi connectivity index (χ3n) is 3.86. The van der Waals surface area contributed by atoms with E-state index in [0.29, 0.717) is 6.04 Å². The lowest BCUT2D eigenvalue weighted by Crippen LogP contribution is -2.48. The number of piperazine rings is 1. The minimum atomic E-state index is 0.101. The number of rotatable bonds is 7. The Morgan fingerprint density at radius 2 is 1.68 bits per heavy atom. The molecule has 19 heavy (non-hydrogen) atoms. The minimum Gasteiger partial charge on any atom is -0.356 e. The van der Waals surface area contributed by atoms with Crippen LogP contribution in [0.2, 0.25) is 0 Å². The molecule has 112 valence electrons. The monoisotopic (exact) mass is 269 g/mol. The van der Waals surface area contributed by atoms with E-state index in [9.17, 15) is 4.79 Å². The van der Waals surface area contributed by atoms with Crippen LogP contribution in [-0.4, -0.2) is 61.0 Å². The van der Waals surface area contributed by atoms with Crippen molar-refractivity contribution in [2.24, 2.45) is 5.92 Å². The lowest BCUT2D eigenvalue weighted by molar-refractivity contribution is -0.123. The summed E-state index contributed by atoms with van der Waals surface area (Å²) in [4.78, 5) is 16.5. The number of unbranched alkanes of at least 4 members (excludes halogenated alkanes) is 1. The predicted octanol–water partition coefficient (Wildman–Crippen LogP) is 1.56. The highest BCUT2D eigenvalue weighted by Gasteiger charge is 2.17. The second-order valence-electron chi connectivity index (χ2n) is 6.12. The average molecular weight is 269 g/mol. The van der Waals surface area contributed by atoms with Gasteiger partial charge in [-0.05, 0) is 33.2 Å². The highest BCUT2D eigenvalue weighted by molar-refractivity contribution is 5.77. The maximum Gasteiger partial charge on any atom is 0.222 e. The van der Waals surface area contributed by atoms with Crippen LogP contribution in [0.15, 0.2) is 0 Å². The van der Waals surface area contributed by atoms with Crippen LogP contribution in [0.5, 0.6) is 0 Å². The summed E-state index contributed by atoms with van der Waals surface area (Å²) in [5.41, 5.74) is 0. The average Bonchev–Trinajstić information content (AvgIpc) is 2.38. The van der Waals surface area contributed by atoms with E-state index in [1.54, 1.807) is 0 Å². The number of hydrogen-bond acceptors (Lipinski definition) is 3. The SMILES string of the molecule is CC(C)C(=O)NCCCCN1CCN(C(C)C)CC1. The standard InChI is InChI=1S/C15H31N3O/c1-13(2)15(19)16-7-5-6-8-17-9-11-18(12-10-17)14(3)4/h13-14H,5-12H2,1-4H3,(H,16,19). The molecule has 0 spiro atoms. The molecular weight excluding hydrogens is 238 g/mol. The second kappa shape index (κ2) is 8.54. The van der Waals surface area contributed by atoms with Gasteiger partial charge in [0.05, 0.1) is 0 Å². The molecule has 0 aromatic rings. The Balaban J connectivity index is 2.01. The van der Waals surface area contributed by atoms with Crippen LogP contribution in [0.1, 0.15) is 40.5 Å². The molecule has 0 radical (unpaired) electrons. The van der Waals surface area contributed by atoms with Gasteiger partial charge in [-0.25, -0.2) is 0 Å². The van der Waals surface area contributed by atoms with Crippen LogP contribution in [-0.2, 0) is 4.79 Å². The summed E-state index contributed by atoms with van der Waals surface area (Å²) < 4.78 is 0. The zero-order chi connectivity index (χ0) is 14.3. The summed E-state index contributed by atoms with van der Waals surface area (Å²) in [5.74, 6) is 0.273. The summed E-state index contributed by atoms with van der Waals surface area (Å²) in [7, 11) is 0. The molecule has 1 saturated heterocycles. The van der Waals surface area contributed by atoms with Gasteiger partial charge in [-0.3, -0.25) is 9.69 Å². The third-order valence-corrected chi connectivity index (χ3v) is 3.86. The first-order valence-corrected chi connectivity index (χ1v) is 7.75. The first-order chi connectivity index (χ1) is 9.00. The Hall–Kier alpha value is -0.610. The Morgan fingerprint density at radius 3 is 2.21 bits per heavy atom. The van der Waals surface area contributed by atoms with E-state index in [2.05, 4.69) is 29.0 Å². The van der Waals surface area contributed by atoms with Crippen molar-refractivity contribution in [3.63, 3.8) is 0 Å². The molecule has 0 bridgehead atoms. The number of nitrogens with zero attached hydrogens (tertiary/aromatic N) is 2. The van der Waals surface area contributed by atoms with Gasteiger partial charge in [-0.1, -0.05) is 13.8 Å². The van der Waals surface area contributed by atoms with Crippen molar-refractivity contribution >= 4 is 5.91 Å². The predicted molar refractivity (Wildman–Crippen MR) is 80.2 cm³/mol. The van der Waals surface area contributed by atoms with Crippen LogP contribution in [0.4, 0.5) is 0 Å². The van der Waals surface area contributed by atoms with Gasteiger partial charge in [0, 0.05) is 44.7 Å². The fraction of sp³-hybridized carbons (Fsp3) is 0.933. The van der Waals surface area contributed by atoms with Crippen LogP contribution in [0, 0.1) is 5.92 Å². The molecule has 0 aliphatic carbocycles. The van der Waals surface area contributed by atoms with Gasteiger partial charge in [0.25, 0.3) is 0 Å². The van der Waals surface area contributed by atoms with Gasteiger partial charge < -0.3 is 10.2 Å². The normalized spacial score (nSPS) is 18.2. The van der Waals surface area contributed by atoms with Crippen molar-refractivity contribution in [2.45, 2.75) is 46.6 Å². The zero-order valence-corrected chi connectivity index (χ0v) is 13.1. The van der Waals surface area contributed by atoms with Crippen LogP contribution in [0.3, 0.4) is 0 Å². The maximum atomic E-state index is 11.4. The molecule has 1 N–H and O–H groups in total. The molecule has 0 saturated carbocycles. The minimum absolute atomic E-state index is 0.101. The van der Waals surface area contributed by atoms with Crippen LogP contribution < -0.4 is 5.32 Å². The highest BCUT2D eigenvalue weighted by atomic mass is 16.1. The van der Waals surface area contributed by atoms with Crippen molar-refractivity contribution in [3.8, 4) is 0 Å². The third kappa shape index (κ3) is 6.39. The van der Waals surface area contributed by atoms with E-state index in [4.69, 9.17) is 0 Å². The maximum absolute atomic E-state index is 11.4. The summed E-state index contributed by atoms with van der Waals surface area (Å²) in [6.07, 6.45) is 2.27. The number of nitrogens with one attached hydrogen (secondary N) is 1. The van der Waals surface area contributed by atoms with Gasteiger partial charge in [0.2, 0.25) is 5.91 Å². The van der Waals surface area contributed by atoms with E-state index in [-0.39, 0.29) is 11.8 Å². The second-order valence-corrected chi connectivity index (χ2v) is 6.12. The molecule has 1 amide bonds. The van der Waals surface area contributed by atoms with E-state index in [0.717, 1.165) is 13.0 Å². The van der Waals surface area contributed by atoms with Gasteiger partial charge in [0.15, 0.2) is 0 Å². The zero-order valence-electron chi connectivity index (χ0n) is 13.1. The molecule has 4 heteroatoms. The van der Waals surface area contributed by atoms with E-state index >= 15 is 0 Å². The van der Waals surface area contributed by atoms with Crippen molar-refractivity contribution in [2.75, 3.05) is 39.3 Å². The van der Waals surface area contributed by atoms with Gasteiger partial charge >= 0.3 is 0 Å². The number of carbonyl (C=O) groups is 1. The summed E-state index contributed by atoms with van der Waals surface area (Å²) >= 11 is 0. The quantitative estimate of drug-likeness (QED) is 0.713.